The quantitative estimate of drug-likeness (QED) is 0.639. The van der Waals surface area contributed by atoms with Crippen molar-refractivity contribution < 1.29 is 9.53 Å². The van der Waals surface area contributed by atoms with Crippen molar-refractivity contribution in [3.05, 3.63) is 30.6 Å². The summed E-state index contributed by atoms with van der Waals surface area (Å²) in [6.07, 6.45) is 3.20. The number of carbonyl (C=O) groups excluding carboxylic acids is 1. The molecular weight excluding hydrogens is 218 g/mol. The van der Waals surface area contributed by atoms with E-state index in [1.165, 1.54) is 12.3 Å². The first-order valence-corrected chi connectivity index (χ1v) is 5.33. The van der Waals surface area contributed by atoms with E-state index in [-0.39, 0.29) is 5.69 Å². The van der Waals surface area contributed by atoms with E-state index >= 15 is 0 Å². The second kappa shape index (κ2) is 5.43. The Morgan fingerprint density at radius 2 is 2.29 bits per heavy atom. The van der Waals surface area contributed by atoms with Crippen LogP contribution in [-0.2, 0) is 4.74 Å². The van der Waals surface area contributed by atoms with E-state index in [1.807, 2.05) is 20.8 Å². The van der Waals surface area contributed by atoms with E-state index in [9.17, 15) is 4.79 Å². The van der Waals surface area contributed by atoms with E-state index in [1.54, 1.807) is 6.08 Å². The van der Waals surface area contributed by atoms with Gasteiger partial charge in [-0.2, -0.15) is 0 Å². The first kappa shape index (κ1) is 13.2. The van der Waals surface area contributed by atoms with Crippen molar-refractivity contribution in [2.75, 3.05) is 11.9 Å². The monoisotopic (exact) mass is 235 g/mol. The molecule has 17 heavy (non-hydrogen) atoms. The molecule has 0 radical (unpaired) electrons. The zero-order valence-electron chi connectivity index (χ0n) is 10.4. The number of nitrogens with one attached hydrogen (secondary N) is 1. The number of esters is 1. The Labute approximate surface area is 101 Å². The maximum Gasteiger partial charge on any atom is 0.357 e. The number of anilines is 1. The number of aromatic nitrogens is 2. The number of hydrogen-bond donors (Lipinski definition) is 1. The van der Waals surface area contributed by atoms with Crippen LogP contribution in [0.2, 0.25) is 0 Å². The van der Waals surface area contributed by atoms with Gasteiger partial charge in [-0.3, -0.25) is 0 Å². The molecule has 1 aromatic rings. The Hall–Kier alpha value is -1.91. The van der Waals surface area contributed by atoms with E-state index in [4.69, 9.17) is 4.74 Å². The minimum Gasteiger partial charge on any atom is -0.455 e. The third kappa shape index (κ3) is 4.63. The Morgan fingerprint density at radius 3 is 2.88 bits per heavy atom. The summed E-state index contributed by atoms with van der Waals surface area (Å²) in [6.45, 7) is 9.54. The van der Waals surface area contributed by atoms with Crippen molar-refractivity contribution in [1.82, 2.24) is 9.97 Å². The molecule has 0 saturated carbocycles. The first-order chi connectivity index (χ1) is 7.92. The third-order valence-electron chi connectivity index (χ3n) is 1.67. The number of rotatable bonds is 4. The molecule has 0 aliphatic rings. The highest BCUT2D eigenvalue weighted by Crippen LogP contribution is 2.11. The first-order valence-electron chi connectivity index (χ1n) is 5.33. The van der Waals surface area contributed by atoms with E-state index in [0.29, 0.717) is 12.5 Å². The summed E-state index contributed by atoms with van der Waals surface area (Å²) in [5.41, 5.74) is -0.294. The van der Waals surface area contributed by atoms with Crippen LogP contribution in [0.4, 0.5) is 5.95 Å². The Bertz CT molecular complexity index is 410. The summed E-state index contributed by atoms with van der Waals surface area (Å²) < 4.78 is 5.21. The fraction of sp³-hybridized carbons (Fsp3) is 0.417. The minimum atomic E-state index is -0.531. The predicted molar refractivity (Wildman–Crippen MR) is 65.9 cm³/mol. The van der Waals surface area contributed by atoms with Crippen LogP contribution in [-0.4, -0.2) is 28.1 Å². The molecule has 0 aliphatic heterocycles. The highest BCUT2D eigenvalue weighted by Gasteiger charge is 2.19. The SMILES string of the molecule is C=CCNc1nccc(C(=O)OC(C)(C)C)n1. The molecule has 0 aromatic carbocycles. The summed E-state index contributed by atoms with van der Waals surface area (Å²) >= 11 is 0. The number of carbonyl (C=O) groups is 1. The van der Waals surface area contributed by atoms with Gasteiger partial charge in [-0.1, -0.05) is 6.08 Å². The lowest BCUT2D eigenvalue weighted by molar-refractivity contribution is 0.00628. The molecule has 1 N–H and O–H groups in total. The van der Waals surface area contributed by atoms with Gasteiger partial charge in [0.15, 0.2) is 5.69 Å². The van der Waals surface area contributed by atoms with Crippen LogP contribution in [0, 0.1) is 0 Å². The lowest BCUT2D eigenvalue weighted by Gasteiger charge is -2.19. The molecule has 0 saturated heterocycles. The van der Waals surface area contributed by atoms with Gasteiger partial charge >= 0.3 is 5.97 Å². The molecular formula is C12H17N3O2. The number of ether oxygens (including phenoxy) is 1. The van der Waals surface area contributed by atoms with Gasteiger partial charge in [0.25, 0.3) is 0 Å². The van der Waals surface area contributed by atoms with Gasteiger partial charge in [0.05, 0.1) is 0 Å². The maximum absolute atomic E-state index is 11.7. The van der Waals surface area contributed by atoms with Crippen molar-refractivity contribution in [2.24, 2.45) is 0 Å². The lowest BCUT2D eigenvalue weighted by atomic mass is 10.2. The standard InChI is InChI=1S/C12H17N3O2/c1-5-7-13-11-14-8-6-9(15-11)10(16)17-12(2,3)4/h5-6,8H,1,7H2,2-4H3,(H,13,14,15). The van der Waals surface area contributed by atoms with Crippen molar-refractivity contribution in [3.8, 4) is 0 Å². The molecule has 0 aliphatic carbocycles. The van der Waals surface area contributed by atoms with Gasteiger partial charge < -0.3 is 10.1 Å². The van der Waals surface area contributed by atoms with Crippen LogP contribution >= 0.6 is 0 Å². The summed E-state index contributed by atoms with van der Waals surface area (Å²) in [4.78, 5) is 19.8. The van der Waals surface area contributed by atoms with Gasteiger partial charge in [0.2, 0.25) is 5.95 Å². The van der Waals surface area contributed by atoms with E-state index in [0.717, 1.165) is 0 Å². The average molecular weight is 235 g/mol. The Kier molecular flexibility index (Phi) is 4.20. The van der Waals surface area contributed by atoms with Gasteiger partial charge in [-0.15, -0.1) is 6.58 Å². The van der Waals surface area contributed by atoms with Crippen molar-refractivity contribution in [1.29, 1.82) is 0 Å². The van der Waals surface area contributed by atoms with Crippen LogP contribution in [0.25, 0.3) is 0 Å². The average Bonchev–Trinajstić information content (AvgIpc) is 2.24. The maximum atomic E-state index is 11.7. The lowest BCUT2D eigenvalue weighted by Crippen LogP contribution is -2.24. The van der Waals surface area contributed by atoms with Gasteiger partial charge in [-0.25, -0.2) is 14.8 Å². The Morgan fingerprint density at radius 1 is 1.59 bits per heavy atom. The molecule has 1 heterocycles. The zero-order valence-corrected chi connectivity index (χ0v) is 10.4. The molecule has 0 amide bonds. The molecule has 0 fully saturated rings. The van der Waals surface area contributed by atoms with Crippen LogP contribution < -0.4 is 5.32 Å². The highest BCUT2D eigenvalue weighted by atomic mass is 16.6. The van der Waals surface area contributed by atoms with Crippen LogP contribution in [0.3, 0.4) is 0 Å². The second-order valence-electron chi connectivity index (χ2n) is 4.44. The summed E-state index contributed by atoms with van der Waals surface area (Å²) in [7, 11) is 0. The molecule has 5 heteroatoms. The largest absolute Gasteiger partial charge is 0.455 e. The van der Waals surface area contributed by atoms with E-state index < -0.39 is 11.6 Å². The molecule has 5 nitrogen and oxygen atoms in total. The summed E-state index contributed by atoms with van der Waals surface area (Å²) in [6, 6.07) is 1.52. The third-order valence-corrected chi connectivity index (χ3v) is 1.67. The molecule has 0 atom stereocenters. The second-order valence-corrected chi connectivity index (χ2v) is 4.44. The van der Waals surface area contributed by atoms with Crippen LogP contribution in [0.1, 0.15) is 31.3 Å². The highest BCUT2D eigenvalue weighted by molar-refractivity contribution is 5.87. The summed E-state index contributed by atoms with van der Waals surface area (Å²) in [5.74, 6) is -0.0742. The molecule has 1 rings (SSSR count). The van der Waals surface area contributed by atoms with Gasteiger partial charge in [-0.05, 0) is 26.8 Å². The van der Waals surface area contributed by atoms with Crippen molar-refractivity contribution >= 4 is 11.9 Å². The fourth-order valence-corrected chi connectivity index (χ4v) is 1.05. The Balaban J connectivity index is 2.77. The minimum absolute atomic E-state index is 0.237. The zero-order chi connectivity index (χ0) is 12.9. The molecule has 1 aromatic heterocycles. The molecule has 0 unspecified atom stereocenters. The van der Waals surface area contributed by atoms with Crippen molar-refractivity contribution in [3.63, 3.8) is 0 Å². The predicted octanol–water partition coefficient (Wildman–Crippen LogP) is 2.03. The topological polar surface area (TPSA) is 64.1 Å². The smallest absolute Gasteiger partial charge is 0.357 e. The number of nitrogens with zero attached hydrogens (tertiary/aromatic N) is 2. The fourth-order valence-electron chi connectivity index (χ4n) is 1.05. The molecule has 0 bridgehead atoms. The molecule has 92 valence electrons. The van der Waals surface area contributed by atoms with Crippen LogP contribution in [0.15, 0.2) is 24.9 Å². The van der Waals surface area contributed by atoms with Crippen LogP contribution in [0.5, 0.6) is 0 Å². The van der Waals surface area contributed by atoms with Crippen molar-refractivity contribution in [2.45, 2.75) is 26.4 Å². The van der Waals surface area contributed by atoms with E-state index in [2.05, 4.69) is 21.9 Å². The normalized spacial score (nSPS) is 10.8. The van der Waals surface area contributed by atoms with Gasteiger partial charge in [0, 0.05) is 12.7 Å². The van der Waals surface area contributed by atoms with Gasteiger partial charge in [0.1, 0.15) is 5.60 Å². The molecule has 0 spiro atoms. The number of hydrogen-bond acceptors (Lipinski definition) is 5. The summed E-state index contributed by atoms with van der Waals surface area (Å²) in [5, 5.41) is 2.90.